The van der Waals surface area contributed by atoms with Crippen LogP contribution in [0.1, 0.15) is 17.6 Å². The van der Waals surface area contributed by atoms with E-state index in [1.165, 1.54) is 0 Å². The van der Waals surface area contributed by atoms with Gasteiger partial charge in [0.25, 0.3) is 0 Å². The molecule has 0 saturated heterocycles. The molecular weight excluding hydrogens is 342 g/mol. The predicted molar refractivity (Wildman–Crippen MR) is 80.9 cm³/mol. The van der Waals surface area contributed by atoms with E-state index in [1.54, 1.807) is 23.5 Å². The summed E-state index contributed by atoms with van der Waals surface area (Å²) < 4.78 is 11.4. The van der Waals surface area contributed by atoms with E-state index < -0.39 is 5.97 Å². The molecule has 0 bridgehead atoms. The molecule has 6 heteroatoms. The first-order valence-corrected chi connectivity index (χ1v) is 7.82. The van der Waals surface area contributed by atoms with Crippen LogP contribution >= 0.6 is 27.3 Å². The van der Waals surface area contributed by atoms with Crippen LogP contribution in [-0.2, 0) is 22.6 Å². The first kappa shape index (κ1) is 15.0. The second-order valence-corrected chi connectivity index (χ2v) is 5.85. The molecule has 0 aliphatic rings. The lowest BCUT2D eigenvalue weighted by atomic mass is 10.3. The third-order valence-electron chi connectivity index (χ3n) is 2.45. The van der Waals surface area contributed by atoms with Crippen LogP contribution in [0.25, 0.3) is 0 Å². The molecule has 4 nitrogen and oxygen atoms in total. The van der Waals surface area contributed by atoms with Crippen molar-refractivity contribution in [1.29, 1.82) is 0 Å². The third kappa shape index (κ3) is 4.61. The van der Waals surface area contributed by atoms with Crippen molar-refractivity contribution in [3.63, 3.8) is 0 Å². The lowest BCUT2D eigenvalue weighted by Crippen LogP contribution is -2.14. The van der Waals surface area contributed by atoms with Crippen LogP contribution in [0.2, 0.25) is 0 Å². The Morgan fingerprint density at radius 2 is 2.10 bits per heavy atom. The highest BCUT2D eigenvalue weighted by Gasteiger charge is 2.07. The fourth-order valence-corrected chi connectivity index (χ4v) is 2.44. The van der Waals surface area contributed by atoms with Gasteiger partial charge < -0.3 is 9.47 Å². The van der Waals surface area contributed by atoms with E-state index in [9.17, 15) is 4.79 Å². The lowest BCUT2D eigenvalue weighted by molar-refractivity contribution is -0.147. The van der Waals surface area contributed by atoms with Crippen molar-refractivity contribution in [3.8, 4) is 5.75 Å². The molecule has 106 valence electrons. The molecule has 1 aromatic heterocycles. The third-order valence-corrected chi connectivity index (χ3v) is 4.02. The summed E-state index contributed by atoms with van der Waals surface area (Å²) in [5.41, 5.74) is 0.781. The van der Waals surface area contributed by atoms with E-state index in [1.807, 2.05) is 24.4 Å². The van der Waals surface area contributed by atoms with E-state index in [0.29, 0.717) is 5.75 Å². The first-order valence-electron chi connectivity index (χ1n) is 6.14. The number of hydrogen-bond donors (Lipinski definition) is 0. The summed E-state index contributed by atoms with van der Waals surface area (Å²) in [5, 5.41) is 2.95. The number of aryl methyl sites for hydroxylation is 1. The Balaban J connectivity index is 1.74. The molecule has 2 aromatic rings. The van der Waals surface area contributed by atoms with Crippen LogP contribution in [0, 0.1) is 0 Å². The van der Waals surface area contributed by atoms with Gasteiger partial charge >= 0.3 is 5.97 Å². The second-order valence-electron chi connectivity index (χ2n) is 3.99. The summed E-state index contributed by atoms with van der Waals surface area (Å²) >= 11 is 4.91. The van der Waals surface area contributed by atoms with Crippen molar-refractivity contribution < 1.29 is 14.3 Å². The number of benzene rings is 1. The van der Waals surface area contributed by atoms with Crippen molar-refractivity contribution in [3.05, 3.63) is 44.8 Å². The molecule has 0 atom stereocenters. The normalized spacial score (nSPS) is 10.3. The van der Waals surface area contributed by atoms with Crippen LogP contribution in [-0.4, -0.2) is 17.6 Å². The minimum atomic E-state index is -0.404. The molecule has 0 spiro atoms. The molecule has 1 aromatic carbocycles. The minimum Gasteiger partial charge on any atom is -0.482 e. The quantitative estimate of drug-likeness (QED) is 0.743. The first-order chi connectivity index (χ1) is 9.67. The zero-order valence-electron chi connectivity index (χ0n) is 11.0. The maximum Gasteiger partial charge on any atom is 0.344 e. The van der Waals surface area contributed by atoms with Crippen molar-refractivity contribution >= 4 is 33.2 Å². The largest absolute Gasteiger partial charge is 0.482 e. The maximum absolute atomic E-state index is 11.6. The maximum atomic E-state index is 11.6. The fourth-order valence-electron chi connectivity index (χ4n) is 1.45. The fraction of sp³-hybridized carbons (Fsp3) is 0.286. The average Bonchev–Trinajstić information content (AvgIpc) is 2.92. The Morgan fingerprint density at radius 1 is 1.35 bits per heavy atom. The number of carbonyl (C=O) groups is 1. The number of aromatic nitrogens is 1. The summed E-state index contributed by atoms with van der Waals surface area (Å²) in [6.45, 7) is 2.13. The Labute approximate surface area is 129 Å². The molecule has 0 fully saturated rings. The molecule has 0 radical (unpaired) electrons. The number of hydrogen-bond acceptors (Lipinski definition) is 5. The van der Waals surface area contributed by atoms with Crippen molar-refractivity contribution in [1.82, 2.24) is 4.98 Å². The number of carbonyl (C=O) groups excluding carboxylic acids is 1. The van der Waals surface area contributed by atoms with E-state index in [2.05, 4.69) is 20.9 Å². The summed E-state index contributed by atoms with van der Waals surface area (Å²) in [6, 6.07) is 7.26. The number of ether oxygens (including phenoxy) is 2. The van der Waals surface area contributed by atoms with Crippen LogP contribution in [0.4, 0.5) is 0 Å². The van der Waals surface area contributed by atoms with Gasteiger partial charge in [0, 0.05) is 9.85 Å². The number of nitrogens with zero attached hydrogens (tertiary/aromatic N) is 1. The Morgan fingerprint density at radius 3 is 2.75 bits per heavy atom. The molecule has 0 amide bonds. The molecule has 0 unspecified atom stereocenters. The molecule has 20 heavy (non-hydrogen) atoms. The highest BCUT2D eigenvalue weighted by molar-refractivity contribution is 9.10. The summed E-state index contributed by atoms with van der Waals surface area (Å²) in [7, 11) is 0. The highest BCUT2D eigenvalue weighted by atomic mass is 79.9. The average molecular weight is 356 g/mol. The van der Waals surface area contributed by atoms with Gasteiger partial charge in [0.2, 0.25) is 0 Å². The lowest BCUT2D eigenvalue weighted by Gasteiger charge is -2.06. The molecule has 0 aliphatic carbocycles. The van der Waals surface area contributed by atoms with Gasteiger partial charge in [-0.25, -0.2) is 9.78 Å². The predicted octanol–water partition coefficient (Wildman–Crippen LogP) is 3.59. The van der Waals surface area contributed by atoms with Crippen molar-refractivity contribution in [2.75, 3.05) is 6.61 Å². The molecular formula is C14H14BrNO3S. The summed E-state index contributed by atoms with van der Waals surface area (Å²) in [5.74, 6) is 0.228. The van der Waals surface area contributed by atoms with E-state index >= 15 is 0 Å². The van der Waals surface area contributed by atoms with Crippen molar-refractivity contribution in [2.45, 2.75) is 20.0 Å². The Bertz CT molecular complexity index is 568. The SMILES string of the molecule is CCc1nc(COC(=O)COc2ccc(Br)cc2)cs1. The van der Waals surface area contributed by atoms with E-state index in [-0.39, 0.29) is 13.2 Å². The smallest absolute Gasteiger partial charge is 0.344 e. The zero-order chi connectivity index (χ0) is 14.4. The summed E-state index contributed by atoms with van der Waals surface area (Å²) in [4.78, 5) is 15.9. The number of rotatable bonds is 6. The van der Waals surface area contributed by atoms with E-state index in [0.717, 1.165) is 21.6 Å². The van der Waals surface area contributed by atoms with Gasteiger partial charge in [-0.1, -0.05) is 22.9 Å². The van der Waals surface area contributed by atoms with Gasteiger partial charge in [-0.15, -0.1) is 11.3 Å². The molecule has 1 heterocycles. The number of halogens is 1. The van der Waals surface area contributed by atoms with Gasteiger partial charge in [0.05, 0.1) is 10.7 Å². The van der Waals surface area contributed by atoms with E-state index in [4.69, 9.17) is 9.47 Å². The standard InChI is InChI=1S/C14H14BrNO3S/c1-2-13-16-11(9-20-13)7-19-14(17)8-18-12-5-3-10(15)4-6-12/h3-6,9H,2,7-8H2,1H3. The molecule has 0 saturated carbocycles. The van der Waals surface area contributed by atoms with Crippen LogP contribution < -0.4 is 4.74 Å². The minimum absolute atomic E-state index is 0.105. The molecule has 2 rings (SSSR count). The topological polar surface area (TPSA) is 48.4 Å². The number of esters is 1. The summed E-state index contributed by atoms with van der Waals surface area (Å²) in [6.07, 6.45) is 0.894. The monoisotopic (exact) mass is 355 g/mol. The second kappa shape index (κ2) is 7.40. The number of thiazole rings is 1. The Kier molecular flexibility index (Phi) is 5.55. The van der Waals surface area contributed by atoms with Crippen molar-refractivity contribution in [2.24, 2.45) is 0 Å². The van der Waals surface area contributed by atoms with Gasteiger partial charge in [-0.2, -0.15) is 0 Å². The highest BCUT2D eigenvalue weighted by Crippen LogP contribution is 2.16. The molecule has 0 N–H and O–H groups in total. The van der Waals surface area contributed by atoms with Gasteiger partial charge in [-0.05, 0) is 30.7 Å². The van der Waals surface area contributed by atoms with Crippen LogP contribution in [0.3, 0.4) is 0 Å². The van der Waals surface area contributed by atoms with Crippen LogP contribution in [0.15, 0.2) is 34.1 Å². The van der Waals surface area contributed by atoms with Gasteiger partial charge in [0.15, 0.2) is 6.61 Å². The molecule has 0 aliphatic heterocycles. The van der Waals surface area contributed by atoms with Gasteiger partial charge in [0.1, 0.15) is 12.4 Å². The Hall–Kier alpha value is -1.40. The zero-order valence-corrected chi connectivity index (χ0v) is 13.4. The van der Waals surface area contributed by atoms with Gasteiger partial charge in [-0.3, -0.25) is 0 Å². The van der Waals surface area contributed by atoms with Crippen LogP contribution in [0.5, 0.6) is 5.75 Å².